The lowest BCUT2D eigenvalue weighted by molar-refractivity contribution is -0.127. The Morgan fingerprint density at radius 2 is 1.81 bits per heavy atom. The maximum absolute atomic E-state index is 13.2. The maximum Gasteiger partial charge on any atom is 0.338 e. The molecule has 10 heteroatoms. The van der Waals surface area contributed by atoms with Crippen molar-refractivity contribution in [1.82, 2.24) is 14.9 Å². The average Bonchev–Trinajstić information content (AvgIpc) is 2.78. The molecule has 3 rings (SSSR count). The van der Waals surface area contributed by atoms with Crippen LogP contribution in [0.2, 0.25) is 0 Å². The van der Waals surface area contributed by atoms with Crippen molar-refractivity contribution >= 4 is 27.9 Å². The molecule has 0 fully saturated rings. The highest BCUT2D eigenvalue weighted by molar-refractivity contribution is 7.89. The van der Waals surface area contributed by atoms with Crippen LogP contribution in [0.3, 0.4) is 0 Å². The van der Waals surface area contributed by atoms with E-state index in [1.807, 2.05) is 24.3 Å². The van der Waals surface area contributed by atoms with Crippen LogP contribution < -0.4 is 10.6 Å². The number of imide groups is 1. The monoisotopic (exact) mass is 459 g/mol. The number of hydrogen-bond donors (Lipinski definition) is 2. The number of sulfonamides is 1. The zero-order chi connectivity index (χ0) is 23.3. The lowest BCUT2D eigenvalue weighted by Gasteiger charge is -2.28. The summed E-state index contributed by atoms with van der Waals surface area (Å²) in [5, 5.41) is 4.45. The van der Waals surface area contributed by atoms with Crippen LogP contribution in [0.4, 0.5) is 4.79 Å². The first kappa shape index (κ1) is 23.4. The summed E-state index contributed by atoms with van der Waals surface area (Å²) in [6.07, 6.45) is -0.640. The SMILES string of the molecule is CCNC(=O)NC(=O)C(C)OC(=O)c1cccc(S(=O)(=O)N2CCc3ccccc3C2)c1. The summed E-state index contributed by atoms with van der Waals surface area (Å²) >= 11 is 0. The minimum atomic E-state index is -3.83. The van der Waals surface area contributed by atoms with Gasteiger partial charge in [-0.05, 0) is 49.6 Å². The third kappa shape index (κ3) is 5.32. The number of rotatable bonds is 6. The quantitative estimate of drug-likeness (QED) is 0.636. The highest BCUT2D eigenvalue weighted by Gasteiger charge is 2.29. The Kier molecular flexibility index (Phi) is 7.26. The second kappa shape index (κ2) is 9.92. The summed E-state index contributed by atoms with van der Waals surface area (Å²) in [7, 11) is -3.83. The van der Waals surface area contributed by atoms with E-state index in [-0.39, 0.29) is 17.0 Å². The summed E-state index contributed by atoms with van der Waals surface area (Å²) in [6, 6.07) is 12.5. The van der Waals surface area contributed by atoms with Crippen LogP contribution in [0.1, 0.15) is 35.3 Å². The molecule has 0 aromatic heterocycles. The van der Waals surface area contributed by atoms with E-state index in [2.05, 4.69) is 10.6 Å². The molecule has 2 N–H and O–H groups in total. The highest BCUT2D eigenvalue weighted by atomic mass is 32.2. The number of esters is 1. The van der Waals surface area contributed by atoms with Crippen LogP contribution in [0.25, 0.3) is 0 Å². The van der Waals surface area contributed by atoms with Crippen molar-refractivity contribution in [2.24, 2.45) is 0 Å². The Bertz CT molecular complexity index is 1130. The molecule has 0 saturated heterocycles. The van der Waals surface area contributed by atoms with Gasteiger partial charge in [0, 0.05) is 19.6 Å². The van der Waals surface area contributed by atoms with Crippen LogP contribution in [0.15, 0.2) is 53.4 Å². The minimum Gasteiger partial charge on any atom is -0.449 e. The Balaban J connectivity index is 1.71. The van der Waals surface area contributed by atoms with Gasteiger partial charge in [0.25, 0.3) is 5.91 Å². The normalized spacial score (nSPS) is 14.7. The molecule has 2 aromatic rings. The number of urea groups is 1. The molecule has 0 spiro atoms. The minimum absolute atomic E-state index is 0.0128. The second-order valence-corrected chi connectivity index (χ2v) is 9.22. The number of fused-ring (bicyclic) bond motifs is 1. The first-order valence-corrected chi connectivity index (χ1v) is 11.6. The van der Waals surface area contributed by atoms with Crippen molar-refractivity contribution in [1.29, 1.82) is 0 Å². The van der Waals surface area contributed by atoms with Gasteiger partial charge in [0.15, 0.2) is 6.10 Å². The number of carbonyl (C=O) groups is 3. The van der Waals surface area contributed by atoms with Crippen molar-refractivity contribution in [2.75, 3.05) is 13.1 Å². The number of amides is 3. The molecular formula is C22H25N3O6S. The largest absolute Gasteiger partial charge is 0.449 e. The molecule has 1 aliphatic heterocycles. The van der Waals surface area contributed by atoms with Crippen LogP contribution in [-0.4, -0.2) is 49.8 Å². The third-order valence-electron chi connectivity index (χ3n) is 5.03. The predicted molar refractivity (Wildman–Crippen MR) is 116 cm³/mol. The molecule has 1 atom stereocenters. The number of ether oxygens (including phenoxy) is 1. The van der Waals surface area contributed by atoms with E-state index < -0.39 is 34.0 Å². The van der Waals surface area contributed by atoms with Crippen LogP contribution in [-0.2, 0) is 32.5 Å². The molecule has 2 aromatic carbocycles. The molecule has 0 saturated carbocycles. The smallest absolute Gasteiger partial charge is 0.338 e. The van der Waals surface area contributed by atoms with Gasteiger partial charge in [-0.25, -0.2) is 18.0 Å². The molecule has 0 bridgehead atoms. The van der Waals surface area contributed by atoms with Crippen molar-refractivity contribution in [2.45, 2.75) is 37.8 Å². The van der Waals surface area contributed by atoms with E-state index in [0.29, 0.717) is 19.5 Å². The Morgan fingerprint density at radius 1 is 1.09 bits per heavy atom. The van der Waals surface area contributed by atoms with Gasteiger partial charge >= 0.3 is 12.0 Å². The molecule has 0 radical (unpaired) electrons. The van der Waals surface area contributed by atoms with Crippen LogP contribution >= 0.6 is 0 Å². The first-order valence-electron chi connectivity index (χ1n) is 10.2. The lowest BCUT2D eigenvalue weighted by Crippen LogP contribution is -2.44. The standard InChI is InChI=1S/C22H25N3O6S/c1-3-23-22(28)24-20(26)15(2)31-21(27)17-9-6-10-19(13-17)32(29,30)25-12-11-16-7-4-5-8-18(16)14-25/h4-10,13,15H,3,11-12,14H2,1-2H3,(H2,23,24,26,28). The Labute approximate surface area is 186 Å². The highest BCUT2D eigenvalue weighted by Crippen LogP contribution is 2.25. The lowest BCUT2D eigenvalue weighted by atomic mass is 10.0. The van der Waals surface area contributed by atoms with E-state index in [9.17, 15) is 22.8 Å². The molecule has 3 amide bonds. The fourth-order valence-electron chi connectivity index (χ4n) is 3.31. The van der Waals surface area contributed by atoms with Crippen molar-refractivity contribution in [3.63, 3.8) is 0 Å². The number of benzene rings is 2. The molecule has 1 heterocycles. The van der Waals surface area contributed by atoms with Crippen molar-refractivity contribution in [3.05, 3.63) is 65.2 Å². The zero-order valence-corrected chi connectivity index (χ0v) is 18.6. The van der Waals surface area contributed by atoms with Crippen molar-refractivity contribution in [3.8, 4) is 0 Å². The fraction of sp³-hybridized carbons (Fsp3) is 0.318. The van der Waals surface area contributed by atoms with Crippen LogP contribution in [0.5, 0.6) is 0 Å². The van der Waals surface area contributed by atoms with E-state index in [1.165, 1.54) is 35.5 Å². The molecule has 32 heavy (non-hydrogen) atoms. The van der Waals surface area contributed by atoms with Gasteiger partial charge in [0.2, 0.25) is 10.0 Å². The number of nitrogens with one attached hydrogen (secondary N) is 2. The van der Waals surface area contributed by atoms with Crippen molar-refractivity contribution < 1.29 is 27.5 Å². The van der Waals surface area contributed by atoms with Gasteiger partial charge in [0.05, 0.1) is 10.5 Å². The topological polar surface area (TPSA) is 122 Å². The molecule has 9 nitrogen and oxygen atoms in total. The summed E-state index contributed by atoms with van der Waals surface area (Å²) in [6.45, 7) is 3.93. The van der Waals surface area contributed by atoms with Gasteiger partial charge in [-0.2, -0.15) is 4.31 Å². The van der Waals surface area contributed by atoms with Gasteiger partial charge in [-0.3, -0.25) is 10.1 Å². The van der Waals surface area contributed by atoms with E-state index in [1.54, 1.807) is 6.92 Å². The average molecular weight is 460 g/mol. The Hall–Kier alpha value is -3.24. The summed E-state index contributed by atoms with van der Waals surface area (Å²) < 4.78 is 32.8. The molecule has 0 aliphatic carbocycles. The number of nitrogens with zero attached hydrogens (tertiary/aromatic N) is 1. The van der Waals surface area contributed by atoms with Gasteiger partial charge in [-0.1, -0.05) is 30.3 Å². The third-order valence-corrected chi connectivity index (χ3v) is 6.87. The van der Waals surface area contributed by atoms with Gasteiger partial charge < -0.3 is 10.1 Å². The summed E-state index contributed by atoms with van der Waals surface area (Å²) in [4.78, 5) is 35.9. The van der Waals surface area contributed by atoms with E-state index >= 15 is 0 Å². The van der Waals surface area contributed by atoms with E-state index in [4.69, 9.17) is 4.74 Å². The number of hydrogen-bond acceptors (Lipinski definition) is 6. The molecule has 1 unspecified atom stereocenters. The summed E-state index contributed by atoms with van der Waals surface area (Å²) in [5.41, 5.74) is 2.06. The second-order valence-electron chi connectivity index (χ2n) is 7.28. The predicted octanol–water partition coefficient (Wildman–Crippen LogP) is 1.82. The molecule has 1 aliphatic rings. The van der Waals surface area contributed by atoms with Gasteiger partial charge in [-0.15, -0.1) is 0 Å². The van der Waals surface area contributed by atoms with Gasteiger partial charge in [0.1, 0.15) is 0 Å². The zero-order valence-electron chi connectivity index (χ0n) is 17.8. The molecular weight excluding hydrogens is 434 g/mol. The first-order chi connectivity index (χ1) is 15.2. The maximum atomic E-state index is 13.2. The van der Waals surface area contributed by atoms with Crippen LogP contribution in [0, 0.1) is 0 Å². The molecule has 170 valence electrons. The summed E-state index contributed by atoms with van der Waals surface area (Å²) in [5.74, 6) is -1.66. The Morgan fingerprint density at radius 3 is 2.53 bits per heavy atom. The fourth-order valence-corrected chi connectivity index (χ4v) is 4.77. The number of carbonyl (C=O) groups excluding carboxylic acids is 3. The van der Waals surface area contributed by atoms with E-state index in [0.717, 1.165) is 11.1 Å².